The Morgan fingerprint density at radius 3 is 3.06 bits per heavy atom. The Hall–Kier alpha value is -0.870. The van der Waals surface area contributed by atoms with Crippen LogP contribution in [0.25, 0.3) is 0 Å². The fourth-order valence-corrected chi connectivity index (χ4v) is 2.51. The molecule has 0 aromatic carbocycles. The van der Waals surface area contributed by atoms with Gasteiger partial charge in [-0.1, -0.05) is 6.92 Å². The second kappa shape index (κ2) is 6.17. The quantitative estimate of drug-likeness (QED) is 0.752. The van der Waals surface area contributed by atoms with E-state index < -0.39 is 0 Å². The van der Waals surface area contributed by atoms with Crippen molar-refractivity contribution in [1.82, 2.24) is 19.8 Å². The lowest BCUT2D eigenvalue weighted by Crippen LogP contribution is -2.28. The maximum Gasteiger partial charge on any atom is 0.105 e. The molecule has 1 aliphatic heterocycles. The van der Waals surface area contributed by atoms with E-state index in [1.807, 2.05) is 12.4 Å². The van der Waals surface area contributed by atoms with Crippen molar-refractivity contribution < 1.29 is 0 Å². The monoisotopic (exact) mass is 236 g/mol. The van der Waals surface area contributed by atoms with E-state index in [0.29, 0.717) is 0 Å². The first-order chi connectivity index (χ1) is 8.29. The van der Waals surface area contributed by atoms with Crippen LogP contribution in [0.1, 0.15) is 19.2 Å². The van der Waals surface area contributed by atoms with E-state index in [2.05, 4.69) is 33.6 Å². The van der Waals surface area contributed by atoms with E-state index in [1.54, 1.807) is 0 Å². The van der Waals surface area contributed by atoms with Gasteiger partial charge >= 0.3 is 0 Å². The summed E-state index contributed by atoms with van der Waals surface area (Å²) in [4.78, 5) is 6.76. The summed E-state index contributed by atoms with van der Waals surface area (Å²) in [6.45, 7) is 11.3. The van der Waals surface area contributed by atoms with E-state index in [9.17, 15) is 0 Å². The minimum absolute atomic E-state index is 0.846. The number of imidazole rings is 1. The molecular formula is C13H24N4. The molecule has 96 valence electrons. The molecule has 1 saturated heterocycles. The van der Waals surface area contributed by atoms with Crippen LogP contribution in [0.5, 0.6) is 0 Å². The summed E-state index contributed by atoms with van der Waals surface area (Å²) in [5.74, 6) is 1.95. The van der Waals surface area contributed by atoms with Gasteiger partial charge in [-0.2, -0.15) is 0 Å². The lowest BCUT2D eigenvalue weighted by atomic mass is 10.1. The van der Waals surface area contributed by atoms with Crippen LogP contribution >= 0.6 is 0 Å². The van der Waals surface area contributed by atoms with E-state index in [1.165, 1.54) is 26.1 Å². The first-order valence-corrected chi connectivity index (χ1v) is 6.70. The van der Waals surface area contributed by atoms with Crippen molar-refractivity contribution in [3.63, 3.8) is 0 Å². The van der Waals surface area contributed by atoms with Crippen LogP contribution in [-0.2, 0) is 6.54 Å². The van der Waals surface area contributed by atoms with Gasteiger partial charge in [-0.3, -0.25) is 0 Å². The van der Waals surface area contributed by atoms with Gasteiger partial charge in [0.05, 0.1) is 0 Å². The first kappa shape index (κ1) is 12.6. The zero-order valence-corrected chi connectivity index (χ0v) is 11.0. The number of likely N-dealkylation sites (tertiary alicyclic amines) is 1. The molecule has 0 bridgehead atoms. The Morgan fingerprint density at radius 1 is 1.53 bits per heavy atom. The molecule has 4 nitrogen and oxygen atoms in total. The van der Waals surface area contributed by atoms with Crippen molar-refractivity contribution in [2.24, 2.45) is 5.92 Å². The van der Waals surface area contributed by atoms with Crippen LogP contribution in [0.15, 0.2) is 12.4 Å². The normalized spacial score (nSPS) is 21.2. The molecule has 1 aromatic rings. The lowest BCUT2D eigenvalue weighted by molar-refractivity contribution is 0.338. The molecule has 0 aliphatic carbocycles. The summed E-state index contributed by atoms with van der Waals surface area (Å²) in [5, 5.41) is 3.56. The van der Waals surface area contributed by atoms with Crippen molar-refractivity contribution in [2.75, 3.05) is 32.7 Å². The molecule has 1 fully saturated rings. The smallest absolute Gasteiger partial charge is 0.105 e. The molecule has 1 aromatic heterocycles. The zero-order chi connectivity index (χ0) is 12.1. The minimum atomic E-state index is 0.846. The first-order valence-electron chi connectivity index (χ1n) is 6.70. The SMILES string of the molecule is CCN1CCC(CNCCn2ccnc2C)C1. The highest BCUT2D eigenvalue weighted by Crippen LogP contribution is 2.14. The summed E-state index contributed by atoms with van der Waals surface area (Å²) in [5.41, 5.74) is 0. The van der Waals surface area contributed by atoms with Gasteiger partial charge in [0, 0.05) is 32.0 Å². The molecule has 0 saturated carbocycles. The van der Waals surface area contributed by atoms with Gasteiger partial charge in [0.25, 0.3) is 0 Å². The molecule has 0 radical (unpaired) electrons. The fourth-order valence-electron chi connectivity index (χ4n) is 2.51. The van der Waals surface area contributed by atoms with Gasteiger partial charge in [-0.15, -0.1) is 0 Å². The number of hydrogen-bond donors (Lipinski definition) is 1. The van der Waals surface area contributed by atoms with Gasteiger partial charge in [0.1, 0.15) is 5.82 Å². The summed E-state index contributed by atoms with van der Waals surface area (Å²) in [6, 6.07) is 0. The third kappa shape index (κ3) is 3.54. The van der Waals surface area contributed by atoms with Crippen molar-refractivity contribution >= 4 is 0 Å². The van der Waals surface area contributed by atoms with Crippen LogP contribution in [0, 0.1) is 12.8 Å². The van der Waals surface area contributed by atoms with Crippen molar-refractivity contribution in [1.29, 1.82) is 0 Å². The van der Waals surface area contributed by atoms with Gasteiger partial charge in [-0.05, 0) is 38.9 Å². The van der Waals surface area contributed by atoms with Crippen LogP contribution in [-0.4, -0.2) is 47.2 Å². The van der Waals surface area contributed by atoms with Crippen LogP contribution in [0.3, 0.4) is 0 Å². The topological polar surface area (TPSA) is 33.1 Å². The Kier molecular flexibility index (Phi) is 4.57. The predicted octanol–water partition coefficient (Wildman–Crippen LogP) is 1.12. The van der Waals surface area contributed by atoms with E-state index in [0.717, 1.165) is 31.4 Å². The maximum absolute atomic E-state index is 4.22. The summed E-state index contributed by atoms with van der Waals surface area (Å²) in [7, 11) is 0. The third-order valence-corrected chi connectivity index (χ3v) is 3.70. The maximum atomic E-state index is 4.22. The van der Waals surface area contributed by atoms with Gasteiger partial charge in [0.2, 0.25) is 0 Å². The van der Waals surface area contributed by atoms with E-state index in [4.69, 9.17) is 0 Å². The number of hydrogen-bond acceptors (Lipinski definition) is 3. The molecule has 1 atom stereocenters. The van der Waals surface area contributed by atoms with Crippen LogP contribution in [0.2, 0.25) is 0 Å². The number of rotatable bonds is 6. The van der Waals surface area contributed by atoms with E-state index in [-0.39, 0.29) is 0 Å². The summed E-state index contributed by atoms with van der Waals surface area (Å²) < 4.78 is 2.19. The third-order valence-electron chi connectivity index (χ3n) is 3.70. The molecule has 1 aliphatic rings. The largest absolute Gasteiger partial charge is 0.334 e. The molecule has 0 amide bonds. The Bertz CT molecular complexity index is 334. The summed E-state index contributed by atoms with van der Waals surface area (Å²) >= 11 is 0. The predicted molar refractivity (Wildman–Crippen MR) is 70.1 cm³/mol. The Labute approximate surface area is 104 Å². The molecule has 17 heavy (non-hydrogen) atoms. The highest BCUT2D eigenvalue weighted by Gasteiger charge is 2.20. The number of aryl methyl sites for hydroxylation is 1. The summed E-state index contributed by atoms with van der Waals surface area (Å²) in [6.07, 6.45) is 5.27. The van der Waals surface area contributed by atoms with Crippen LogP contribution < -0.4 is 5.32 Å². The second-order valence-corrected chi connectivity index (χ2v) is 4.92. The molecule has 2 heterocycles. The molecule has 0 spiro atoms. The molecule has 4 heteroatoms. The highest BCUT2D eigenvalue weighted by atomic mass is 15.1. The number of nitrogens with one attached hydrogen (secondary N) is 1. The van der Waals surface area contributed by atoms with Crippen molar-refractivity contribution in [2.45, 2.75) is 26.8 Å². The number of nitrogens with zero attached hydrogens (tertiary/aromatic N) is 3. The van der Waals surface area contributed by atoms with Crippen LogP contribution in [0.4, 0.5) is 0 Å². The number of aromatic nitrogens is 2. The average molecular weight is 236 g/mol. The Morgan fingerprint density at radius 2 is 2.41 bits per heavy atom. The average Bonchev–Trinajstić information content (AvgIpc) is 2.94. The molecule has 1 N–H and O–H groups in total. The second-order valence-electron chi connectivity index (χ2n) is 4.92. The molecule has 1 unspecified atom stereocenters. The van der Waals surface area contributed by atoms with Crippen molar-refractivity contribution in [3.05, 3.63) is 18.2 Å². The zero-order valence-electron chi connectivity index (χ0n) is 11.0. The van der Waals surface area contributed by atoms with E-state index >= 15 is 0 Å². The van der Waals surface area contributed by atoms with Gasteiger partial charge in [-0.25, -0.2) is 4.98 Å². The lowest BCUT2D eigenvalue weighted by Gasteiger charge is -2.14. The standard InChI is InChI=1S/C13H24N4/c1-3-16-7-4-13(11-16)10-14-5-8-17-9-6-15-12(17)2/h6,9,13-14H,3-5,7-8,10-11H2,1-2H3. The fraction of sp³-hybridized carbons (Fsp3) is 0.769. The van der Waals surface area contributed by atoms with Crippen molar-refractivity contribution in [3.8, 4) is 0 Å². The van der Waals surface area contributed by atoms with Gasteiger partial charge in [0.15, 0.2) is 0 Å². The minimum Gasteiger partial charge on any atom is -0.334 e. The highest BCUT2D eigenvalue weighted by molar-refractivity contribution is 4.88. The van der Waals surface area contributed by atoms with Gasteiger partial charge < -0.3 is 14.8 Å². The molecular weight excluding hydrogens is 212 g/mol. The molecule has 2 rings (SSSR count). The Balaban J connectivity index is 1.59.